The zero-order valence-corrected chi connectivity index (χ0v) is 11.9. The summed E-state index contributed by atoms with van der Waals surface area (Å²) in [6.07, 6.45) is 0. The molecule has 0 amide bonds. The van der Waals surface area contributed by atoms with Crippen LogP contribution in [-0.4, -0.2) is 9.48 Å². The van der Waals surface area contributed by atoms with Crippen molar-refractivity contribution in [1.82, 2.24) is 4.37 Å². The number of nitriles is 1. The fraction of sp³-hybridized carbons (Fsp3) is 0.0667. The molecule has 0 spiro atoms. The molecule has 1 heterocycles. The summed E-state index contributed by atoms with van der Waals surface area (Å²) in [5, 5.41) is 29.3. The molecular formula is C15H10N4OS. The highest BCUT2D eigenvalue weighted by Crippen LogP contribution is 2.34. The normalized spacial score (nSPS) is 11.0. The van der Waals surface area contributed by atoms with Crippen LogP contribution in [0.2, 0.25) is 0 Å². The zero-order chi connectivity index (χ0) is 14.8. The van der Waals surface area contributed by atoms with Crippen molar-refractivity contribution in [2.24, 2.45) is 10.2 Å². The van der Waals surface area contributed by atoms with Gasteiger partial charge in [-0.25, -0.2) is 0 Å². The Morgan fingerprint density at radius 2 is 1.90 bits per heavy atom. The molecule has 0 aliphatic carbocycles. The maximum absolute atomic E-state index is 9.84. The number of phenolic OH excluding ortho intramolecular Hbond substituents is 1. The van der Waals surface area contributed by atoms with Crippen molar-refractivity contribution < 1.29 is 5.11 Å². The Balaban J connectivity index is 2.08. The molecule has 3 aromatic rings. The minimum Gasteiger partial charge on any atom is -0.507 e. The maximum atomic E-state index is 9.84. The van der Waals surface area contributed by atoms with Gasteiger partial charge in [0.25, 0.3) is 0 Å². The van der Waals surface area contributed by atoms with E-state index in [4.69, 9.17) is 5.26 Å². The topological polar surface area (TPSA) is 81.6 Å². The van der Waals surface area contributed by atoms with E-state index in [9.17, 15) is 5.11 Å². The first-order chi connectivity index (χ1) is 10.2. The van der Waals surface area contributed by atoms with Crippen LogP contribution in [0.25, 0.3) is 10.8 Å². The van der Waals surface area contributed by atoms with Crippen LogP contribution in [0.15, 0.2) is 46.6 Å². The van der Waals surface area contributed by atoms with Crippen molar-refractivity contribution in [3.8, 4) is 11.8 Å². The summed E-state index contributed by atoms with van der Waals surface area (Å²) in [6.45, 7) is 1.77. The molecule has 21 heavy (non-hydrogen) atoms. The third kappa shape index (κ3) is 2.35. The first-order valence-corrected chi connectivity index (χ1v) is 6.97. The van der Waals surface area contributed by atoms with Gasteiger partial charge >= 0.3 is 0 Å². The number of benzene rings is 2. The minimum absolute atomic E-state index is 0.205. The summed E-state index contributed by atoms with van der Waals surface area (Å²) in [5.74, 6) is 0.205. The van der Waals surface area contributed by atoms with E-state index in [2.05, 4.69) is 20.7 Å². The molecule has 6 heteroatoms. The molecule has 0 fully saturated rings. The molecule has 0 bridgehead atoms. The van der Waals surface area contributed by atoms with Gasteiger partial charge in [-0.05, 0) is 30.6 Å². The number of rotatable bonds is 2. The minimum atomic E-state index is 0.205. The van der Waals surface area contributed by atoms with Crippen LogP contribution in [0.1, 0.15) is 11.3 Å². The zero-order valence-electron chi connectivity index (χ0n) is 11.1. The number of azo groups is 1. The number of hydrogen-bond acceptors (Lipinski definition) is 6. The summed E-state index contributed by atoms with van der Waals surface area (Å²) in [7, 11) is 0. The van der Waals surface area contributed by atoms with Crippen molar-refractivity contribution in [3.05, 3.63) is 47.7 Å². The van der Waals surface area contributed by atoms with Gasteiger partial charge < -0.3 is 5.11 Å². The van der Waals surface area contributed by atoms with E-state index in [0.29, 0.717) is 21.9 Å². The van der Waals surface area contributed by atoms with Crippen LogP contribution < -0.4 is 0 Å². The van der Waals surface area contributed by atoms with Crippen LogP contribution in [0.3, 0.4) is 0 Å². The van der Waals surface area contributed by atoms with Crippen LogP contribution in [0, 0.1) is 18.3 Å². The van der Waals surface area contributed by atoms with Gasteiger partial charge in [-0.1, -0.05) is 24.3 Å². The van der Waals surface area contributed by atoms with E-state index in [-0.39, 0.29) is 5.75 Å². The Bertz CT molecular complexity index is 892. The number of aromatic nitrogens is 1. The first kappa shape index (κ1) is 13.2. The third-order valence-electron chi connectivity index (χ3n) is 3.08. The number of nitrogens with zero attached hydrogens (tertiary/aromatic N) is 4. The fourth-order valence-corrected chi connectivity index (χ4v) is 2.69. The van der Waals surface area contributed by atoms with E-state index in [1.807, 2.05) is 24.3 Å². The lowest BCUT2D eigenvalue weighted by Gasteiger charge is -2.02. The highest BCUT2D eigenvalue weighted by molar-refractivity contribution is 7.10. The van der Waals surface area contributed by atoms with E-state index >= 15 is 0 Å². The Morgan fingerprint density at radius 3 is 2.67 bits per heavy atom. The van der Waals surface area contributed by atoms with Crippen LogP contribution in [-0.2, 0) is 0 Å². The smallest absolute Gasteiger partial charge is 0.176 e. The SMILES string of the molecule is Cc1nsc(N=Nc2ccc(O)c3ccccc23)c1C#N. The molecular weight excluding hydrogens is 284 g/mol. The molecule has 0 saturated carbocycles. The molecule has 3 rings (SSSR count). The lowest BCUT2D eigenvalue weighted by Crippen LogP contribution is -1.75. The molecule has 0 unspecified atom stereocenters. The molecule has 102 valence electrons. The second-order valence-corrected chi connectivity index (χ2v) is 5.16. The van der Waals surface area contributed by atoms with Gasteiger partial charge in [0.1, 0.15) is 17.4 Å². The molecule has 1 N–H and O–H groups in total. The van der Waals surface area contributed by atoms with E-state index in [1.165, 1.54) is 0 Å². The van der Waals surface area contributed by atoms with Gasteiger partial charge in [-0.2, -0.15) is 9.64 Å². The number of hydrogen-bond donors (Lipinski definition) is 1. The van der Waals surface area contributed by atoms with Crippen LogP contribution >= 0.6 is 11.5 Å². The lowest BCUT2D eigenvalue weighted by molar-refractivity contribution is 0.481. The lowest BCUT2D eigenvalue weighted by atomic mass is 10.1. The Kier molecular flexibility index (Phi) is 3.34. The van der Waals surface area contributed by atoms with Crippen molar-refractivity contribution in [2.75, 3.05) is 0 Å². The average Bonchev–Trinajstić information content (AvgIpc) is 2.87. The van der Waals surface area contributed by atoms with E-state index in [0.717, 1.165) is 22.3 Å². The molecule has 0 radical (unpaired) electrons. The summed E-state index contributed by atoms with van der Waals surface area (Å²) in [5.41, 5.74) is 1.75. The standard InChI is InChI=1S/C15H10N4OS/c1-9-12(8-16)15(21-19-9)18-17-13-6-7-14(20)11-5-3-2-4-10(11)13/h2-7,20H,1H3. The molecule has 2 aromatic carbocycles. The molecule has 0 aliphatic rings. The first-order valence-electron chi connectivity index (χ1n) is 6.19. The molecule has 0 saturated heterocycles. The van der Waals surface area contributed by atoms with Gasteiger partial charge in [-0.3, -0.25) is 0 Å². The fourth-order valence-electron chi connectivity index (χ4n) is 2.01. The third-order valence-corrected chi connectivity index (χ3v) is 3.91. The Hall–Kier alpha value is -2.78. The predicted molar refractivity (Wildman–Crippen MR) is 81.4 cm³/mol. The van der Waals surface area contributed by atoms with Crippen molar-refractivity contribution >= 4 is 33.0 Å². The van der Waals surface area contributed by atoms with Gasteiger partial charge in [0.05, 0.1) is 11.4 Å². The second-order valence-electron chi connectivity index (χ2n) is 4.41. The van der Waals surface area contributed by atoms with Crippen molar-refractivity contribution in [2.45, 2.75) is 6.92 Å². The molecule has 0 aliphatic heterocycles. The summed E-state index contributed by atoms with van der Waals surface area (Å²) < 4.78 is 4.10. The second kappa shape index (κ2) is 5.31. The van der Waals surface area contributed by atoms with E-state index < -0.39 is 0 Å². The predicted octanol–water partition coefficient (Wildman–Crippen LogP) is 4.60. The molecule has 0 atom stereocenters. The summed E-state index contributed by atoms with van der Waals surface area (Å²) >= 11 is 1.15. The number of fused-ring (bicyclic) bond motifs is 1. The Morgan fingerprint density at radius 1 is 1.14 bits per heavy atom. The average molecular weight is 294 g/mol. The van der Waals surface area contributed by atoms with Gasteiger partial charge in [0, 0.05) is 10.8 Å². The quantitative estimate of drug-likeness (QED) is 0.701. The maximum Gasteiger partial charge on any atom is 0.176 e. The highest BCUT2D eigenvalue weighted by Gasteiger charge is 2.10. The monoisotopic (exact) mass is 294 g/mol. The van der Waals surface area contributed by atoms with Crippen LogP contribution in [0.5, 0.6) is 5.75 Å². The van der Waals surface area contributed by atoms with Gasteiger partial charge in [0.15, 0.2) is 5.00 Å². The highest BCUT2D eigenvalue weighted by atomic mass is 32.1. The van der Waals surface area contributed by atoms with Gasteiger partial charge in [-0.15, -0.1) is 10.2 Å². The number of aryl methyl sites for hydroxylation is 1. The Labute approximate surface area is 125 Å². The van der Waals surface area contributed by atoms with Crippen molar-refractivity contribution in [3.63, 3.8) is 0 Å². The summed E-state index contributed by atoms with van der Waals surface area (Å²) in [6, 6.07) is 12.8. The summed E-state index contributed by atoms with van der Waals surface area (Å²) in [4.78, 5) is 0. The number of phenols is 1. The van der Waals surface area contributed by atoms with Crippen LogP contribution in [0.4, 0.5) is 10.7 Å². The van der Waals surface area contributed by atoms with E-state index in [1.54, 1.807) is 19.1 Å². The van der Waals surface area contributed by atoms with Crippen molar-refractivity contribution in [1.29, 1.82) is 5.26 Å². The largest absolute Gasteiger partial charge is 0.507 e. The molecule has 5 nitrogen and oxygen atoms in total. The van der Waals surface area contributed by atoms with Gasteiger partial charge in [0.2, 0.25) is 0 Å². The number of aromatic hydroxyl groups is 1. The molecule has 1 aromatic heterocycles.